The zero-order chi connectivity index (χ0) is 22.2. The van der Waals surface area contributed by atoms with Gasteiger partial charge >= 0.3 is 6.03 Å². The van der Waals surface area contributed by atoms with Crippen LogP contribution in [0.1, 0.15) is 51.6 Å². The Morgan fingerprint density at radius 2 is 1.65 bits per heavy atom. The number of urea groups is 1. The van der Waals surface area contributed by atoms with Crippen molar-refractivity contribution in [1.29, 1.82) is 0 Å². The molecule has 0 aromatic heterocycles. The summed E-state index contributed by atoms with van der Waals surface area (Å²) in [6, 6.07) is 14.0. The molecule has 1 N–H and O–H groups in total. The van der Waals surface area contributed by atoms with Crippen molar-refractivity contribution in [2.24, 2.45) is 0 Å². The summed E-state index contributed by atoms with van der Waals surface area (Å²) >= 11 is 0. The molecule has 2 aromatic carbocycles. The summed E-state index contributed by atoms with van der Waals surface area (Å²) < 4.78 is 0. The predicted molar refractivity (Wildman–Crippen MR) is 115 cm³/mol. The SMILES string of the molecule is CC(=O)c1cccc(C(=O)N2CCC3(CC2)NC(=O)N(Cc2ccc(C)cc2)C3=O)c1. The van der Waals surface area contributed by atoms with E-state index in [0.717, 1.165) is 11.1 Å². The molecule has 2 aliphatic heterocycles. The second-order valence-electron chi connectivity index (χ2n) is 8.32. The normalized spacial score (nSPS) is 17.7. The van der Waals surface area contributed by atoms with Gasteiger partial charge in [0.05, 0.1) is 6.54 Å². The van der Waals surface area contributed by atoms with Gasteiger partial charge in [-0.2, -0.15) is 0 Å². The van der Waals surface area contributed by atoms with Gasteiger partial charge in [0, 0.05) is 24.2 Å². The zero-order valence-electron chi connectivity index (χ0n) is 17.7. The summed E-state index contributed by atoms with van der Waals surface area (Å²) in [4.78, 5) is 53.1. The molecular weight excluding hydrogens is 394 g/mol. The predicted octanol–water partition coefficient (Wildman–Crippen LogP) is 2.92. The molecule has 2 aromatic rings. The van der Waals surface area contributed by atoms with Crippen molar-refractivity contribution < 1.29 is 19.2 Å². The van der Waals surface area contributed by atoms with E-state index in [1.54, 1.807) is 29.2 Å². The number of likely N-dealkylation sites (tertiary alicyclic amines) is 1. The van der Waals surface area contributed by atoms with Gasteiger partial charge in [0.25, 0.3) is 11.8 Å². The molecular formula is C24H25N3O4. The van der Waals surface area contributed by atoms with Crippen LogP contribution in [0.5, 0.6) is 0 Å². The molecule has 2 aliphatic rings. The molecule has 2 saturated heterocycles. The first kappa shape index (κ1) is 20.8. The maximum absolute atomic E-state index is 13.1. The van der Waals surface area contributed by atoms with Crippen molar-refractivity contribution in [1.82, 2.24) is 15.1 Å². The van der Waals surface area contributed by atoms with Crippen LogP contribution in [0.15, 0.2) is 48.5 Å². The van der Waals surface area contributed by atoms with Gasteiger partial charge in [0.2, 0.25) is 0 Å². The Hall–Kier alpha value is -3.48. The number of nitrogens with zero attached hydrogens (tertiary/aromatic N) is 2. The number of hydrogen-bond donors (Lipinski definition) is 1. The highest BCUT2D eigenvalue weighted by Crippen LogP contribution is 2.31. The number of piperidine rings is 1. The fraction of sp³-hybridized carbons (Fsp3) is 0.333. The van der Waals surface area contributed by atoms with Crippen molar-refractivity contribution in [3.63, 3.8) is 0 Å². The molecule has 2 heterocycles. The van der Waals surface area contributed by atoms with E-state index in [1.165, 1.54) is 11.8 Å². The molecule has 4 amide bonds. The number of rotatable bonds is 4. The van der Waals surface area contributed by atoms with Gasteiger partial charge in [-0.1, -0.05) is 42.0 Å². The lowest BCUT2D eigenvalue weighted by Gasteiger charge is -2.37. The van der Waals surface area contributed by atoms with E-state index in [4.69, 9.17) is 0 Å². The molecule has 2 fully saturated rings. The van der Waals surface area contributed by atoms with E-state index in [9.17, 15) is 19.2 Å². The van der Waals surface area contributed by atoms with Crippen LogP contribution in [0.25, 0.3) is 0 Å². The Morgan fingerprint density at radius 1 is 1.00 bits per heavy atom. The van der Waals surface area contributed by atoms with E-state index >= 15 is 0 Å². The largest absolute Gasteiger partial charge is 0.338 e. The Bertz CT molecular complexity index is 1050. The molecule has 7 heteroatoms. The topological polar surface area (TPSA) is 86.8 Å². The minimum absolute atomic E-state index is 0.0971. The minimum atomic E-state index is -0.959. The standard InChI is InChI=1S/C24H25N3O4/c1-16-6-8-18(9-7-16)15-27-22(30)24(25-23(27)31)10-12-26(13-11-24)21(29)20-5-3-4-19(14-20)17(2)28/h3-9,14H,10-13,15H2,1-2H3,(H,25,31). The average Bonchev–Trinajstić information content (AvgIpc) is 2.99. The Balaban J connectivity index is 1.43. The number of nitrogens with one attached hydrogen (secondary N) is 1. The lowest BCUT2D eigenvalue weighted by atomic mass is 9.87. The summed E-state index contributed by atoms with van der Waals surface area (Å²) in [5, 5.41) is 2.88. The molecule has 0 saturated carbocycles. The molecule has 1 spiro atoms. The number of hydrogen-bond acceptors (Lipinski definition) is 4. The van der Waals surface area contributed by atoms with Crippen LogP contribution >= 0.6 is 0 Å². The molecule has 7 nitrogen and oxygen atoms in total. The smallest absolute Gasteiger partial charge is 0.325 e. The number of amides is 4. The summed E-state index contributed by atoms with van der Waals surface area (Å²) in [5.74, 6) is -0.504. The molecule has 4 rings (SSSR count). The summed E-state index contributed by atoms with van der Waals surface area (Å²) in [7, 11) is 0. The molecule has 0 bridgehead atoms. The van der Waals surface area contributed by atoms with Gasteiger partial charge in [-0.25, -0.2) is 4.79 Å². The van der Waals surface area contributed by atoms with Crippen molar-refractivity contribution in [3.8, 4) is 0 Å². The lowest BCUT2D eigenvalue weighted by molar-refractivity contribution is -0.133. The van der Waals surface area contributed by atoms with Gasteiger partial charge in [0.15, 0.2) is 5.78 Å². The maximum atomic E-state index is 13.1. The van der Waals surface area contributed by atoms with Gasteiger partial charge in [0.1, 0.15) is 5.54 Å². The van der Waals surface area contributed by atoms with E-state index < -0.39 is 5.54 Å². The molecule has 160 valence electrons. The van der Waals surface area contributed by atoms with Crippen LogP contribution in [0.4, 0.5) is 4.79 Å². The average molecular weight is 419 g/mol. The van der Waals surface area contributed by atoms with Gasteiger partial charge in [-0.15, -0.1) is 0 Å². The first-order valence-electron chi connectivity index (χ1n) is 10.4. The second-order valence-corrected chi connectivity index (χ2v) is 8.32. The Labute approximate surface area is 181 Å². The number of ketones is 1. The van der Waals surface area contributed by atoms with E-state index in [0.29, 0.717) is 37.1 Å². The highest BCUT2D eigenvalue weighted by molar-refractivity contribution is 6.07. The number of benzene rings is 2. The first-order valence-corrected chi connectivity index (χ1v) is 10.4. The van der Waals surface area contributed by atoms with Crippen LogP contribution < -0.4 is 5.32 Å². The monoisotopic (exact) mass is 419 g/mol. The van der Waals surface area contributed by atoms with Gasteiger partial charge in [-0.05, 0) is 44.4 Å². The first-order chi connectivity index (χ1) is 14.8. The zero-order valence-corrected chi connectivity index (χ0v) is 17.7. The number of carbonyl (C=O) groups excluding carboxylic acids is 4. The fourth-order valence-electron chi connectivity index (χ4n) is 4.18. The number of aryl methyl sites for hydroxylation is 1. The van der Waals surface area contributed by atoms with Crippen LogP contribution in [-0.2, 0) is 11.3 Å². The highest BCUT2D eigenvalue weighted by Gasteiger charge is 2.52. The van der Waals surface area contributed by atoms with Crippen LogP contribution in [-0.4, -0.2) is 52.1 Å². The van der Waals surface area contributed by atoms with E-state index in [2.05, 4.69) is 5.32 Å². The Morgan fingerprint density at radius 3 is 2.29 bits per heavy atom. The molecule has 31 heavy (non-hydrogen) atoms. The summed E-state index contributed by atoms with van der Waals surface area (Å²) in [6.07, 6.45) is 0.722. The highest BCUT2D eigenvalue weighted by atomic mass is 16.2. The molecule has 0 radical (unpaired) electrons. The lowest BCUT2D eigenvalue weighted by Crippen LogP contribution is -2.55. The fourth-order valence-corrected chi connectivity index (χ4v) is 4.18. The summed E-state index contributed by atoms with van der Waals surface area (Å²) in [5.41, 5.74) is 1.99. The third kappa shape index (κ3) is 3.95. The minimum Gasteiger partial charge on any atom is -0.338 e. The van der Waals surface area contributed by atoms with Gasteiger partial charge in [-0.3, -0.25) is 19.3 Å². The third-order valence-electron chi connectivity index (χ3n) is 6.13. The third-order valence-corrected chi connectivity index (χ3v) is 6.13. The van der Waals surface area contributed by atoms with Crippen LogP contribution in [0.3, 0.4) is 0 Å². The van der Waals surface area contributed by atoms with Crippen LogP contribution in [0, 0.1) is 6.92 Å². The van der Waals surface area contributed by atoms with Crippen LogP contribution in [0.2, 0.25) is 0 Å². The number of Topliss-reactive ketones (excluding diaryl/α,β-unsaturated/α-hetero) is 1. The van der Waals surface area contributed by atoms with Gasteiger partial charge < -0.3 is 10.2 Å². The molecule has 0 atom stereocenters. The second kappa shape index (κ2) is 7.98. The number of carbonyl (C=O) groups is 4. The van der Waals surface area contributed by atoms with Crippen molar-refractivity contribution >= 4 is 23.6 Å². The maximum Gasteiger partial charge on any atom is 0.325 e. The van der Waals surface area contributed by atoms with Crippen molar-refractivity contribution in [3.05, 3.63) is 70.8 Å². The molecule has 0 unspecified atom stereocenters. The van der Waals surface area contributed by atoms with Crippen molar-refractivity contribution in [2.45, 2.75) is 38.8 Å². The Kier molecular flexibility index (Phi) is 5.35. The number of imide groups is 1. The summed E-state index contributed by atoms with van der Waals surface area (Å²) in [6.45, 7) is 4.39. The van der Waals surface area contributed by atoms with E-state index in [-0.39, 0.29) is 30.2 Å². The molecule has 0 aliphatic carbocycles. The van der Waals surface area contributed by atoms with E-state index in [1.807, 2.05) is 31.2 Å². The van der Waals surface area contributed by atoms with Crippen molar-refractivity contribution in [2.75, 3.05) is 13.1 Å². The quantitative estimate of drug-likeness (QED) is 0.610.